The van der Waals surface area contributed by atoms with Crippen molar-refractivity contribution < 1.29 is 0 Å². The van der Waals surface area contributed by atoms with Crippen molar-refractivity contribution in [3.05, 3.63) is 59.1 Å². The molecule has 2 nitrogen and oxygen atoms in total. The molecule has 0 radical (unpaired) electrons. The number of nitrogens with zero attached hydrogens (tertiary/aromatic N) is 1. The van der Waals surface area contributed by atoms with Gasteiger partial charge in [-0.25, -0.2) is 4.98 Å². The predicted octanol–water partition coefficient (Wildman–Crippen LogP) is 5.38. The summed E-state index contributed by atoms with van der Waals surface area (Å²) in [6.07, 6.45) is 2.16. The molecule has 1 atom stereocenters. The Morgan fingerprint density at radius 1 is 1.19 bits per heavy atom. The molecule has 0 aliphatic rings. The van der Waals surface area contributed by atoms with Crippen LogP contribution in [-0.4, -0.2) is 11.0 Å². The number of hydrogen-bond acceptors (Lipinski definition) is 3. The van der Waals surface area contributed by atoms with Crippen molar-refractivity contribution in [3.63, 3.8) is 0 Å². The minimum absolute atomic E-state index is 0.390. The van der Waals surface area contributed by atoms with E-state index in [1.54, 1.807) is 11.3 Å². The Hall–Kier alpha value is -1.58. The number of nitrogens with one attached hydrogen (secondary N) is 1. The minimum Gasteiger partial charge on any atom is -0.359 e. The van der Waals surface area contributed by atoms with Gasteiger partial charge < -0.3 is 5.32 Å². The minimum atomic E-state index is 0.390. The lowest BCUT2D eigenvalue weighted by Gasteiger charge is -2.12. The van der Waals surface area contributed by atoms with E-state index in [-0.39, 0.29) is 0 Å². The third-order valence-corrected chi connectivity index (χ3v) is 4.63. The summed E-state index contributed by atoms with van der Waals surface area (Å²) in [7, 11) is 0. The third-order valence-electron chi connectivity index (χ3n) is 3.43. The van der Waals surface area contributed by atoms with Gasteiger partial charge in [-0.05, 0) is 43.5 Å². The number of hydrogen-bond donors (Lipinski definition) is 1. The second-order valence-electron chi connectivity index (χ2n) is 5.20. The fourth-order valence-electron chi connectivity index (χ4n) is 2.27. The maximum atomic E-state index is 6.00. The highest BCUT2D eigenvalue weighted by molar-refractivity contribution is 7.22. The fourth-order valence-corrected chi connectivity index (χ4v) is 3.40. The van der Waals surface area contributed by atoms with Crippen LogP contribution >= 0.6 is 22.9 Å². The predicted molar refractivity (Wildman–Crippen MR) is 92.5 cm³/mol. The Bertz CT molecular complexity index is 724. The number of halogens is 1. The summed E-state index contributed by atoms with van der Waals surface area (Å²) >= 11 is 7.67. The van der Waals surface area contributed by atoms with Gasteiger partial charge in [-0.2, -0.15) is 0 Å². The summed E-state index contributed by atoms with van der Waals surface area (Å²) in [5.41, 5.74) is 2.34. The molecule has 0 amide bonds. The van der Waals surface area contributed by atoms with Crippen molar-refractivity contribution in [3.8, 4) is 0 Å². The zero-order chi connectivity index (χ0) is 14.7. The van der Waals surface area contributed by atoms with Crippen LogP contribution in [0.25, 0.3) is 10.2 Å². The van der Waals surface area contributed by atoms with Gasteiger partial charge in [-0.3, -0.25) is 0 Å². The Morgan fingerprint density at radius 3 is 2.81 bits per heavy atom. The van der Waals surface area contributed by atoms with Gasteiger partial charge in [-0.1, -0.05) is 53.3 Å². The number of thiazole rings is 1. The number of anilines is 1. The molecular formula is C17H17ClN2S. The molecule has 0 bridgehead atoms. The molecule has 4 heteroatoms. The maximum absolute atomic E-state index is 6.00. The van der Waals surface area contributed by atoms with E-state index in [0.717, 1.165) is 33.2 Å². The molecule has 2 aromatic carbocycles. The van der Waals surface area contributed by atoms with Crippen LogP contribution in [0.15, 0.2) is 48.5 Å². The SMILES string of the molecule is CC(CCc1ccccc1)Nc1nc2cc(Cl)ccc2s1. The Labute approximate surface area is 133 Å². The molecule has 3 rings (SSSR count). The standard InChI is InChI=1S/C17H17ClN2S/c1-12(7-8-13-5-3-2-4-6-13)19-17-20-15-11-14(18)9-10-16(15)21-17/h2-6,9-12H,7-8H2,1H3,(H,19,20). The van der Waals surface area contributed by atoms with Crippen LogP contribution in [-0.2, 0) is 6.42 Å². The molecule has 0 saturated heterocycles. The Balaban J connectivity index is 1.62. The van der Waals surface area contributed by atoms with Crippen LogP contribution in [0.1, 0.15) is 18.9 Å². The number of aromatic nitrogens is 1. The molecule has 1 unspecified atom stereocenters. The van der Waals surface area contributed by atoms with Crippen LogP contribution in [0.3, 0.4) is 0 Å². The van der Waals surface area contributed by atoms with Gasteiger partial charge in [0.15, 0.2) is 5.13 Å². The fraction of sp³-hybridized carbons (Fsp3) is 0.235. The van der Waals surface area contributed by atoms with Gasteiger partial charge in [0.1, 0.15) is 0 Å². The molecule has 0 aliphatic carbocycles. The molecule has 3 aromatic rings. The van der Waals surface area contributed by atoms with E-state index in [2.05, 4.69) is 47.6 Å². The monoisotopic (exact) mass is 316 g/mol. The van der Waals surface area contributed by atoms with Crippen LogP contribution in [0.2, 0.25) is 5.02 Å². The molecular weight excluding hydrogens is 300 g/mol. The summed E-state index contributed by atoms with van der Waals surface area (Å²) in [6, 6.07) is 16.8. The lowest BCUT2D eigenvalue weighted by Crippen LogP contribution is -2.15. The van der Waals surface area contributed by atoms with Crippen molar-refractivity contribution in [2.45, 2.75) is 25.8 Å². The zero-order valence-electron chi connectivity index (χ0n) is 11.8. The van der Waals surface area contributed by atoms with E-state index in [1.165, 1.54) is 5.56 Å². The van der Waals surface area contributed by atoms with Gasteiger partial charge in [-0.15, -0.1) is 0 Å². The topological polar surface area (TPSA) is 24.9 Å². The average molecular weight is 317 g/mol. The van der Waals surface area contributed by atoms with E-state index in [0.29, 0.717) is 6.04 Å². The lowest BCUT2D eigenvalue weighted by molar-refractivity contribution is 0.705. The molecule has 0 fully saturated rings. The number of benzene rings is 2. The molecule has 0 saturated carbocycles. The van der Waals surface area contributed by atoms with E-state index in [9.17, 15) is 0 Å². The first kappa shape index (κ1) is 14.4. The normalized spacial score (nSPS) is 12.5. The van der Waals surface area contributed by atoms with E-state index < -0.39 is 0 Å². The van der Waals surface area contributed by atoms with Crippen LogP contribution in [0.5, 0.6) is 0 Å². The molecule has 1 N–H and O–H groups in total. The van der Waals surface area contributed by atoms with Gasteiger partial charge >= 0.3 is 0 Å². The first-order chi connectivity index (χ1) is 10.2. The quantitative estimate of drug-likeness (QED) is 0.683. The molecule has 21 heavy (non-hydrogen) atoms. The second-order valence-corrected chi connectivity index (χ2v) is 6.67. The third kappa shape index (κ3) is 3.74. The van der Waals surface area contributed by atoms with Gasteiger partial charge in [0, 0.05) is 11.1 Å². The number of fused-ring (bicyclic) bond motifs is 1. The van der Waals surface area contributed by atoms with Crippen molar-refractivity contribution >= 4 is 38.3 Å². The molecule has 0 aliphatic heterocycles. The van der Waals surface area contributed by atoms with Crippen LogP contribution < -0.4 is 5.32 Å². The highest BCUT2D eigenvalue weighted by Crippen LogP contribution is 2.28. The van der Waals surface area contributed by atoms with Crippen molar-refractivity contribution in [1.29, 1.82) is 0 Å². The summed E-state index contributed by atoms with van der Waals surface area (Å²) in [5, 5.41) is 5.18. The molecule has 1 heterocycles. The van der Waals surface area contributed by atoms with Crippen molar-refractivity contribution in [1.82, 2.24) is 4.98 Å². The first-order valence-corrected chi connectivity index (χ1v) is 8.27. The van der Waals surface area contributed by atoms with Gasteiger partial charge in [0.2, 0.25) is 0 Å². The molecule has 0 spiro atoms. The molecule has 108 valence electrons. The van der Waals surface area contributed by atoms with Crippen LogP contribution in [0.4, 0.5) is 5.13 Å². The van der Waals surface area contributed by atoms with Gasteiger partial charge in [0.05, 0.1) is 10.2 Å². The van der Waals surface area contributed by atoms with Crippen LogP contribution in [0, 0.1) is 0 Å². The lowest BCUT2D eigenvalue weighted by atomic mass is 10.1. The second kappa shape index (κ2) is 6.46. The van der Waals surface area contributed by atoms with Crippen molar-refractivity contribution in [2.75, 3.05) is 5.32 Å². The zero-order valence-corrected chi connectivity index (χ0v) is 13.4. The number of aryl methyl sites for hydroxylation is 1. The summed E-state index contributed by atoms with van der Waals surface area (Å²) < 4.78 is 1.16. The Morgan fingerprint density at radius 2 is 2.00 bits per heavy atom. The van der Waals surface area contributed by atoms with E-state index >= 15 is 0 Å². The summed E-state index contributed by atoms with van der Waals surface area (Å²) in [6.45, 7) is 2.20. The highest BCUT2D eigenvalue weighted by atomic mass is 35.5. The average Bonchev–Trinajstić information content (AvgIpc) is 2.87. The summed E-state index contributed by atoms with van der Waals surface area (Å²) in [4.78, 5) is 4.59. The largest absolute Gasteiger partial charge is 0.359 e. The smallest absolute Gasteiger partial charge is 0.183 e. The first-order valence-electron chi connectivity index (χ1n) is 7.07. The van der Waals surface area contributed by atoms with E-state index in [4.69, 9.17) is 11.6 Å². The highest BCUT2D eigenvalue weighted by Gasteiger charge is 2.08. The van der Waals surface area contributed by atoms with E-state index in [1.807, 2.05) is 18.2 Å². The number of rotatable bonds is 5. The van der Waals surface area contributed by atoms with Gasteiger partial charge in [0.25, 0.3) is 0 Å². The van der Waals surface area contributed by atoms with Crippen molar-refractivity contribution in [2.24, 2.45) is 0 Å². The summed E-state index contributed by atoms with van der Waals surface area (Å²) in [5.74, 6) is 0. The molecule has 1 aromatic heterocycles. The Kier molecular flexibility index (Phi) is 4.42. The maximum Gasteiger partial charge on any atom is 0.183 e.